The molecule has 1 saturated carbocycles. The number of hydrogen-bond acceptors (Lipinski definition) is 3. The van der Waals surface area contributed by atoms with Gasteiger partial charge in [0, 0.05) is 6.04 Å². The minimum atomic E-state index is -0.294. The van der Waals surface area contributed by atoms with Crippen LogP contribution >= 0.6 is 0 Å². The molecule has 1 atom stereocenters. The van der Waals surface area contributed by atoms with E-state index in [1.54, 1.807) is 0 Å². The van der Waals surface area contributed by atoms with Gasteiger partial charge in [-0.05, 0) is 64.6 Å². The van der Waals surface area contributed by atoms with Gasteiger partial charge in [-0.2, -0.15) is 5.26 Å². The number of hydrogen-bond donors (Lipinski definition) is 1. The molecule has 1 N–H and O–H groups in total. The van der Waals surface area contributed by atoms with Gasteiger partial charge in [0.15, 0.2) is 0 Å². The average Bonchev–Trinajstić information content (AvgIpc) is 3.26. The zero-order chi connectivity index (χ0) is 14.1. The molecule has 0 saturated heterocycles. The van der Waals surface area contributed by atoms with Crippen molar-refractivity contribution in [2.24, 2.45) is 0 Å². The predicted octanol–water partition coefficient (Wildman–Crippen LogP) is 3.31. The fraction of sp³-hybridized carbons (Fsp3) is 0.938. The lowest BCUT2D eigenvalue weighted by Gasteiger charge is -2.28. The van der Waals surface area contributed by atoms with Gasteiger partial charge in [-0.3, -0.25) is 5.32 Å². The first-order valence-electron chi connectivity index (χ1n) is 8.11. The first-order valence-corrected chi connectivity index (χ1v) is 8.11. The van der Waals surface area contributed by atoms with E-state index in [4.69, 9.17) is 0 Å². The van der Waals surface area contributed by atoms with Crippen LogP contribution < -0.4 is 5.32 Å². The Bertz CT molecular complexity index is 280. The highest BCUT2D eigenvalue weighted by Gasteiger charge is 2.30. The van der Waals surface area contributed by atoms with E-state index in [-0.39, 0.29) is 5.54 Å². The fourth-order valence-electron chi connectivity index (χ4n) is 2.72. The summed E-state index contributed by atoms with van der Waals surface area (Å²) in [6.07, 6.45) is 8.11. The third kappa shape index (κ3) is 5.50. The largest absolute Gasteiger partial charge is 0.300 e. The molecule has 0 aromatic rings. The van der Waals surface area contributed by atoms with E-state index in [9.17, 15) is 5.26 Å². The summed E-state index contributed by atoms with van der Waals surface area (Å²) in [5.74, 6) is 0. The lowest BCUT2D eigenvalue weighted by atomic mass is 9.91. The minimum absolute atomic E-state index is 0.294. The van der Waals surface area contributed by atoms with Crippen LogP contribution in [0.2, 0.25) is 0 Å². The van der Waals surface area contributed by atoms with Crippen molar-refractivity contribution in [2.75, 3.05) is 19.6 Å². The van der Waals surface area contributed by atoms with Gasteiger partial charge in [0.1, 0.15) is 5.54 Å². The van der Waals surface area contributed by atoms with Gasteiger partial charge in [0.25, 0.3) is 0 Å². The van der Waals surface area contributed by atoms with Crippen LogP contribution in [0.25, 0.3) is 0 Å². The number of nitriles is 1. The van der Waals surface area contributed by atoms with E-state index in [1.165, 1.54) is 25.8 Å². The van der Waals surface area contributed by atoms with Crippen molar-refractivity contribution in [3.05, 3.63) is 0 Å². The molecule has 0 bridgehead atoms. The zero-order valence-electron chi connectivity index (χ0n) is 13.0. The van der Waals surface area contributed by atoms with Gasteiger partial charge in [0.05, 0.1) is 6.07 Å². The summed E-state index contributed by atoms with van der Waals surface area (Å²) in [6, 6.07) is 3.37. The number of nitrogens with one attached hydrogen (secondary N) is 1. The van der Waals surface area contributed by atoms with Crippen LogP contribution in [0.5, 0.6) is 0 Å². The summed E-state index contributed by atoms with van der Waals surface area (Å²) in [4.78, 5) is 2.62. The van der Waals surface area contributed by atoms with E-state index in [2.05, 4.69) is 37.1 Å². The Morgan fingerprint density at radius 2 is 1.95 bits per heavy atom. The quantitative estimate of drug-likeness (QED) is 0.623. The van der Waals surface area contributed by atoms with Crippen LogP contribution in [0.4, 0.5) is 0 Å². The Morgan fingerprint density at radius 1 is 1.21 bits per heavy atom. The Morgan fingerprint density at radius 3 is 2.42 bits per heavy atom. The molecule has 0 heterocycles. The zero-order valence-corrected chi connectivity index (χ0v) is 13.0. The molecule has 3 heteroatoms. The summed E-state index contributed by atoms with van der Waals surface area (Å²) in [6.45, 7) is 9.86. The van der Waals surface area contributed by atoms with Crippen molar-refractivity contribution in [3.8, 4) is 6.07 Å². The summed E-state index contributed by atoms with van der Waals surface area (Å²) < 4.78 is 0. The summed E-state index contributed by atoms with van der Waals surface area (Å²) in [7, 11) is 0. The third-order valence-corrected chi connectivity index (χ3v) is 4.15. The molecule has 1 aliphatic carbocycles. The Balaban J connectivity index is 2.36. The van der Waals surface area contributed by atoms with Gasteiger partial charge in [0.2, 0.25) is 0 Å². The van der Waals surface area contributed by atoms with Crippen LogP contribution in [0, 0.1) is 11.3 Å². The highest BCUT2D eigenvalue weighted by atomic mass is 15.2. The second-order valence-corrected chi connectivity index (χ2v) is 5.84. The van der Waals surface area contributed by atoms with Crippen molar-refractivity contribution in [3.63, 3.8) is 0 Å². The van der Waals surface area contributed by atoms with E-state index >= 15 is 0 Å². The summed E-state index contributed by atoms with van der Waals surface area (Å²) in [5, 5.41) is 12.9. The molecule has 1 aliphatic rings. The number of nitrogens with zero attached hydrogens (tertiary/aromatic N) is 2. The van der Waals surface area contributed by atoms with Crippen LogP contribution in [0.15, 0.2) is 0 Å². The Hall–Kier alpha value is -0.590. The molecule has 19 heavy (non-hydrogen) atoms. The monoisotopic (exact) mass is 265 g/mol. The first-order chi connectivity index (χ1) is 9.21. The van der Waals surface area contributed by atoms with E-state index in [1.807, 2.05) is 0 Å². The van der Waals surface area contributed by atoms with Crippen LogP contribution in [0.3, 0.4) is 0 Å². The summed E-state index contributed by atoms with van der Waals surface area (Å²) >= 11 is 0. The molecule has 0 amide bonds. The van der Waals surface area contributed by atoms with E-state index in [0.717, 1.165) is 44.8 Å². The second-order valence-electron chi connectivity index (χ2n) is 5.84. The lowest BCUT2D eigenvalue weighted by molar-refractivity contribution is 0.244. The standard InChI is InChI=1S/C16H31N3/c1-4-11-18-16(6-3,14-17)10-7-13-19(12-5-2)15-8-9-15/h15,18H,4-13H2,1-3H3. The predicted molar refractivity (Wildman–Crippen MR) is 81.0 cm³/mol. The van der Waals surface area contributed by atoms with Gasteiger partial charge >= 0.3 is 0 Å². The van der Waals surface area contributed by atoms with Crippen LogP contribution in [-0.2, 0) is 0 Å². The van der Waals surface area contributed by atoms with Crippen LogP contribution in [-0.4, -0.2) is 36.1 Å². The van der Waals surface area contributed by atoms with Gasteiger partial charge in [-0.15, -0.1) is 0 Å². The van der Waals surface area contributed by atoms with E-state index < -0.39 is 0 Å². The molecule has 3 nitrogen and oxygen atoms in total. The third-order valence-electron chi connectivity index (χ3n) is 4.15. The van der Waals surface area contributed by atoms with Gasteiger partial charge in [-0.1, -0.05) is 20.8 Å². The van der Waals surface area contributed by atoms with Crippen LogP contribution in [0.1, 0.15) is 65.7 Å². The lowest BCUT2D eigenvalue weighted by Crippen LogP contribution is -2.44. The van der Waals surface area contributed by atoms with Gasteiger partial charge < -0.3 is 4.90 Å². The molecular weight excluding hydrogens is 234 g/mol. The Labute approximate surface area is 119 Å². The molecule has 1 rings (SSSR count). The SMILES string of the molecule is CCCNC(C#N)(CC)CCCN(CCC)C1CC1. The second kappa shape index (κ2) is 8.55. The molecule has 1 unspecified atom stereocenters. The van der Waals surface area contributed by atoms with E-state index in [0.29, 0.717) is 0 Å². The first kappa shape index (κ1) is 16.5. The molecule has 0 aromatic carbocycles. The molecule has 0 aliphatic heterocycles. The fourth-order valence-corrected chi connectivity index (χ4v) is 2.72. The highest BCUT2D eigenvalue weighted by Crippen LogP contribution is 2.27. The molecule has 0 aromatic heterocycles. The van der Waals surface area contributed by atoms with Crippen molar-refractivity contribution < 1.29 is 0 Å². The maximum absolute atomic E-state index is 9.47. The maximum atomic E-state index is 9.47. The van der Waals surface area contributed by atoms with Crippen molar-refractivity contribution in [1.82, 2.24) is 10.2 Å². The Kier molecular flexibility index (Phi) is 7.41. The molecule has 110 valence electrons. The topological polar surface area (TPSA) is 39.1 Å². The normalized spacial score (nSPS) is 18.3. The van der Waals surface area contributed by atoms with Gasteiger partial charge in [-0.25, -0.2) is 0 Å². The molecule has 1 fully saturated rings. The molecular formula is C16H31N3. The average molecular weight is 265 g/mol. The maximum Gasteiger partial charge on any atom is 0.106 e. The number of rotatable bonds is 11. The van der Waals surface area contributed by atoms with Crippen molar-refractivity contribution in [2.45, 2.75) is 77.3 Å². The molecule has 0 radical (unpaired) electrons. The highest BCUT2D eigenvalue weighted by molar-refractivity contribution is 5.06. The minimum Gasteiger partial charge on any atom is -0.300 e. The van der Waals surface area contributed by atoms with Crippen molar-refractivity contribution >= 4 is 0 Å². The molecule has 0 spiro atoms. The smallest absolute Gasteiger partial charge is 0.106 e. The van der Waals surface area contributed by atoms with Crippen molar-refractivity contribution in [1.29, 1.82) is 5.26 Å². The summed E-state index contributed by atoms with van der Waals surface area (Å²) in [5.41, 5.74) is -0.294.